The predicted molar refractivity (Wildman–Crippen MR) is 115 cm³/mol. The molecule has 0 atom stereocenters. The van der Waals surface area contributed by atoms with E-state index in [0.717, 1.165) is 16.8 Å². The lowest BCUT2D eigenvalue weighted by atomic mass is 10.0. The average Bonchev–Trinajstić information content (AvgIpc) is 3.16. The molecule has 3 aromatic carbocycles. The van der Waals surface area contributed by atoms with Gasteiger partial charge in [0.25, 0.3) is 5.91 Å². The molecule has 0 unspecified atom stereocenters. The van der Waals surface area contributed by atoms with Crippen LogP contribution in [0.25, 0.3) is 16.8 Å². The van der Waals surface area contributed by atoms with Crippen molar-refractivity contribution >= 4 is 17.6 Å². The van der Waals surface area contributed by atoms with Crippen LogP contribution in [0, 0.1) is 6.92 Å². The molecular weight excluding hydrogens is 378 g/mol. The number of nitrogens with one attached hydrogen (secondary N) is 1. The number of benzene rings is 3. The monoisotopic (exact) mass is 397 g/mol. The number of rotatable bonds is 5. The van der Waals surface area contributed by atoms with Crippen LogP contribution in [0.2, 0.25) is 0 Å². The van der Waals surface area contributed by atoms with Crippen LogP contribution in [0.4, 0.5) is 5.69 Å². The highest BCUT2D eigenvalue weighted by Crippen LogP contribution is 2.28. The van der Waals surface area contributed by atoms with E-state index in [1.807, 2.05) is 54.6 Å². The molecule has 0 aliphatic heterocycles. The number of hydrogen-bond donors (Lipinski definition) is 2. The Balaban J connectivity index is 1.57. The summed E-state index contributed by atoms with van der Waals surface area (Å²) in [6.07, 6.45) is 1.32. The van der Waals surface area contributed by atoms with Gasteiger partial charge in [-0.1, -0.05) is 48.5 Å². The van der Waals surface area contributed by atoms with E-state index in [9.17, 15) is 14.7 Å². The fraction of sp³-hybridized carbons (Fsp3) is 0.0417. The molecule has 4 aromatic rings. The molecule has 30 heavy (non-hydrogen) atoms. The molecule has 1 heterocycles. The SMILES string of the molecule is Cc1c(C(=O)O)cnn1-c1ccc(C(=O)Nc2ccccc2-c2ccccc2)cc1. The normalized spacial score (nSPS) is 10.6. The summed E-state index contributed by atoms with van der Waals surface area (Å²) >= 11 is 0. The van der Waals surface area contributed by atoms with Crippen molar-refractivity contribution in [3.8, 4) is 16.8 Å². The second kappa shape index (κ2) is 8.05. The number of aromatic carboxylic acids is 1. The smallest absolute Gasteiger partial charge is 0.339 e. The average molecular weight is 397 g/mol. The largest absolute Gasteiger partial charge is 0.478 e. The summed E-state index contributed by atoms with van der Waals surface area (Å²) < 4.78 is 1.54. The van der Waals surface area contributed by atoms with Gasteiger partial charge in [-0.15, -0.1) is 0 Å². The third-order valence-corrected chi connectivity index (χ3v) is 4.87. The molecular formula is C24H19N3O3. The molecule has 0 aliphatic carbocycles. The quantitative estimate of drug-likeness (QED) is 0.507. The molecule has 0 fully saturated rings. The van der Waals surface area contributed by atoms with Crippen molar-refractivity contribution in [3.63, 3.8) is 0 Å². The fourth-order valence-corrected chi connectivity index (χ4v) is 3.29. The number of amides is 1. The Kier molecular flexibility index (Phi) is 5.13. The van der Waals surface area contributed by atoms with Gasteiger partial charge >= 0.3 is 5.97 Å². The highest BCUT2D eigenvalue weighted by atomic mass is 16.4. The molecule has 0 spiro atoms. The highest BCUT2D eigenvalue weighted by molar-refractivity contribution is 6.06. The van der Waals surface area contributed by atoms with E-state index < -0.39 is 5.97 Å². The van der Waals surface area contributed by atoms with Crippen LogP contribution < -0.4 is 5.32 Å². The zero-order valence-electron chi connectivity index (χ0n) is 16.2. The van der Waals surface area contributed by atoms with E-state index in [0.29, 0.717) is 16.9 Å². The number of carbonyl (C=O) groups excluding carboxylic acids is 1. The van der Waals surface area contributed by atoms with Crippen molar-refractivity contribution in [1.82, 2.24) is 9.78 Å². The maximum Gasteiger partial charge on any atom is 0.339 e. The number of carboxylic acid groups (broad SMARTS) is 1. The van der Waals surface area contributed by atoms with Gasteiger partial charge in [-0.2, -0.15) is 5.10 Å². The molecule has 2 N–H and O–H groups in total. The van der Waals surface area contributed by atoms with E-state index in [1.54, 1.807) is 31.2 Å². The van der Waals surface area contributed by atoms with E-state index in [-0.39, 0.29) is 11.5 Å². The Morgan fingerprint density at radius 2 is 1.57 bits per heavy atom. The lowest BCUT2D eigenvalue weighted by Crippen LogP contribution is -2.13. The molecule has 0 aliphatic rings. The van der Waals surface area contributed by atoms with Gasteiger partial charge in [0.05, 0.1) is 17.6 Å². The summed E-state index contributed by atoms with van der Waals surface area (Å²) in [4.78, 5) is 24.0. The number of para-hydroxylation sites is 1. The van der Waals surface area contributed by atoms with Crippen LogP contribution in [0.1, 0.15) is 26.4 Å². The van der Waals surface area contributed by atoms with E-state index in [2.05, 4.69) is 10.4 Å². The first kappa shape index (κ1) is 19.1. The summed E-state index contributed by atoms with van der Waals surface area (Å²) in [7, 11) is 0. The third-order valence-electron chi connectivity index (χ3n) is 4.87. The van der Waals surface area contributed by atoms with Gasteiger partial charge in [-0.05, 0) is 42.8 Å². The molecule has 0 bridgehead atoms. The second-order valence-corrected chi connectivity index (χ2v) is 6.77. The van der Waals surface area contributed by atoms with Crippen LogP contribution in [0.3, 0.4) is 0 Å². The lowest BCUT2D eigenvalue weighted by molar-refractivity contribution is 0.0696. The maximum atomic E-state index is 12.8. The number of carbonyl (C=O) groups is 2. The predicted octanol–water partition coefficient (Wildman–Crippen LogP) is 4.80. The molecule has 0 radical (unpaired) electrons. The van der Waals surface area contributed by atoms with Crippen LogP contribution in [-0.4, -0.2) is 26.8 Å². The maximum absolute atomic E-state index is 12.8. The van der Waals surface area contributed by atoms with E-state index in [1.165, 1.54) is 10.9 Å². The summed E-state index contributed by atoms with van der Waals surface area (Å²) in [5.74, 6) is -1.25. The van der Waals surface area contributed by atoms with Gasteiger partial charge in [0.1, 0.15) is 5.56 Å². The van der Waals surface area contributed by atoms with Crippen LogP contribution in [-0.2, 0) is 0 Å². The standard InChI is InChI=1S/C24H19N3O3/c1-16-21(24(29)30)15-25-27(16)19-13-11-18(12-14-19)23(28)26-22-10-6-5-9-20(22)17-7-3-2-4-8-17/h2-15H,1H3,(H,26,28)(H,29,30). The van der Waals surface area contributed by atoms with Gasteiger partial charge < -0.3 is 10.4 Å². The minimum absolute atomic E-state index is 0.148. The molecule has 6 nitrogen and oxygen atoms in total. The first-order valence-corrected chi connectivity index (χ1v) is 9.39. The van der Waals surface area contributed by atoms with Gasteiger partial charge in [0, 0.05) is 16.8 Å². The molecule has 1 aromatic heterocycles. The van der Waals surface area contributed by atoms with E-state index >= 15 is 0 Å². The summed E-state index contributed by atoms with van der Waals surface area (Å²) in [6.45, 7) is 1.69. The van der Waals surface area contributed by atoms with Crippen molar-refractivity contribution < 1.29 is 14.7 Å². The van der Waals surface area contributed by atoms with Crippen molar-refractivity contribution in [1.29, 1.82) is 0 Å². The number of aromatic nitrogens is 2. The first-order valence-electron chi connectivity index (χ1n) is 9.39. The minimum atomic E-state index is -1.02. The van der Waals surface area contributed by atoms with Crippen molar-refractivity contribution in [2.75, 3.05) is 5.32 Å². The Morgan fingerprint density at radius 1 is 0.900 bits per heavy atom. The summed E-state index contributed by atoms with van der Waals surface area (Å²) in [5.41, 5.74) is 4.53. The van der Waals surface area contributed by atoms with Crippen molar-refractivity contribution in [2.45, 2.75) is 6.92 Å². The van der Waals surface area contributed by atoms with Crippen molar-refractivity contribution in [3.05, 3.63) is 102 Å². The number of hydrogen-bond acceptors (Lipinski definition) is 3. The Hall–Kier alpha value is -4.19. The Bertz CT molecular complexity index is 1210. The Labute approximate surface area is 173 Å². The third kappa shape index (κ3) is 3.71. The topological polar surface area (TPSA) is 84.2 Å². The summed E-state index contributed by atoms with van der Waals surface area (Å²) in [6, 6.07) is 24.4. The molecule has 0 saturated heterocycles. The molecule has 6 heteroatoms. The minimum Gasteiger partial charge on any atom is -0.478 e. The number of carboxylic acids is 1. The molecule has 4 rings (SSSR count). The van der Waals surface area contributed by atoms with Crippen molar-refractivity contribution in [2.24, 2.45) is 0 Å². The highest BCUT2D eigenvalue weighted by Gasteiger charge is 2.15. The molecule has 1 amide bonds. The molecule has 148 valence electrons. The first-order chi connectivity index (χ1) is 14.5. The van der Waals surface area contributed by atoms with Crippen LogP contribution in [0.5, 0.6) is 0 Å². The van der Waals surface area contributed by atoms with Gasteiger partial charge in [0.15, 0.2) is 0 Å². The van der Waals surface area contributed by atoms with Gasteiger partial charge in [0.2, 0.25) is 0 Å². The zero-order valence-corrected chi connectivity index (χ0v) is 16.2. The van der Waals surface area contributed by atoms with Crippen LogP contribution >= 0.6 is 0 Å². The number of anilines is 1. The summed E-state index contributed by atoms with van der Waals surface area (Å²) in [5, 5.41) is 16.3. The Morgan fingerprint density at radius 3 is 2.23 bits per heavy atom. The van der Waals surface area contributed by atoms with Crippen LogP contribution in [0.15, 0.2) is 85.1 Å². The lowest BCUT2D eigenvalue weighted by Gasteiger charge is -2.12. The zero-order chi connectivity index (χ0) is 21.1. The number of nitrogens with zero attached hydrogens (tertiary/aromatic N) is 2. The second-order valence-electron chi connectivity index (χ2n) is 6.77. The van der Waals surface area contributed by atoms with Gasteiger partial charge in [-0.3, -0.25) is 4.79 Å². The van der Waals surface area contributed by atoms with Gasteiger partial charge in [-0.25, -0.2) is 9.48 Å². The fourth-order valence-electron chi connectivity index (χ4n) is 3.29. The molecule has 0 saturated carbocycles. The van der Waals surface area contributed by atoms with E-state index in [4.69, 9.17) is 0 Å².